The van der Waals surface area contributed by atoms with Gasteiger partial charge in [0, 0.05) is 41.4 Å². The first-order valence-electron chi connectivity index (χ1n) is 13.2. The minimum absolute atomic E-state index is 0.0932. The standard InChI is InChI=1S/C31H28F5N3O/c1-19-7-2-3-8-25(19)26-10-6-12-37-29(26)21(13-20-14-22(32)17-23(33)15-20)16-24(40)18-39-28-11-5-4-9-27(28)30(38-39)31(34,35)36/h2-3,6-8,10,12,14-15,17,21H,4-5,9,11,13,16,18H2,1H3. The molecule has 0 fully saturated rings. The lowest BCUT2D eigenvalue weighted by Crippen LogP contribution is -2.19. The smallest absolute Gasteiger partial charge is 0.298 e. The highest BCUT2D eigenvalue weighted by Crippen LogP contribution is 2.37. The van der Waals surface area contributed by atoms with Crippen molar-refractivity contribution in [3.8, 4) is 11.1 Å². The molecule has 0 radical (unpaired) electrons. The maximum Gasteiger partial charge on any atom is 0.435 e. The topological polar surface area (TPSA) is 47.8 Å². The molecule has 1 aliphatic carbocycles. The molecule has 0 saturated heterocycles. The van der Waals surface area contributed by atoms with Crippen molar-refractivity contribution >= 4 is 5.78 Å². The molecule has 9 heteroatoms. The largest absolute Gasteiger partial charge is 0.435 e. The average Bonchev–Trinajstić information content (AvgIpc) is 3.27. The van der Waals surface area contributed by atoms with E-state index < -0.39 is 29.4 Å². The SMILES string of the molecule is Cc1ccccc1-c1cccnc1C(CC(=O)Cn1nc(C(F)(F)F)c2c1CCCC2)Cc1cc(F)cc(F)c1. The zero-order chi connectivity index (χ0) is 28.4. The maximum atomic E-state index is 14.1. The van der Waals surface area contributed by atoms with Gasteiger partial charge < -0.3 is 0 Å². The predicted molar refractivity (Wildman–Crippen MR) is 141 cm³/mol. The van der Waals surface area contributed by atoms with E-state index in [-0.39, 0.29) is 37.2 Å². The predicted octanol–water partition coefficient (Wildman–Crippen LogP) is 7.42. The van der Waals surface area contributed by atoms with Gasteiger partial charge >= 0.3 is 6.18 Å². The number of nitrogens with zero attached hydrogens (tertiary/aromatic N) is 3. The highest BCUT2D eigenvalue weighted by Gasteiger charge is 2.39. The Morgan fingerprint density at radius 3 is 2.40 bits per heavy atom. The van der Waals surface area contributed by atoms with Crippen molar-refractivity contribution < 1.29 is 26.7 Å². The monoisotopic (exact) mass is 553 g/mol. The van der Waals surface area contributed by atoms with Crippen LogP contribution in [0.4, 0.5) is 22.0 Å². The van der Waals surface area contributed by atoms with Crippen LogP contribution in [0.5, 0.6) is 0 Å². The molecule has 2 heterocycles. The number of rotatable bonds is 8. The van der Waals surface area contributed by atoms with E-state index in [9.17, 15) is 26.7 Å². The summed E-state index contributed by atoms with van der Waals surface area (Å²) < 4.78 is 70.3. The van der Waals surface area contributed by atoms with Gasteiger partial charge in [0.05, 0.1) is 12.2 Å². The van der Waals surface area contributed by atoms with Gasteiger partial charge in [-0.3, -0.25) is 14.5 Å². The molecule has 0 bridgehead atoms. The molecule has 0 spiro atoms. The lowest BCUT2D eigenvalue weighted by atomic mass is 9.86. The highest BCUT2D eigenvalue weighted by atomic mass is 19.4. The van der Waals surface area contributed by atoms with Crippen molar-refractivity contribution in [2.24, 2.45) is 0 Å². The number of benzene rings is 2. The minimum atomic E-state index is -4.60. The summed E-state index contributed by atoms with van der Waals surface area (Å²) in [7, 11) is 0. The summed E-state index contributed by atoms with van der Waals surface area (Å²) in [4.78, 5) is 18.1. The van der Waals surface area contributed by atoms with E-state index in [1.54, 1.807) is 12.3 Å². The summed E-state index contributed by atoms with van der Waals surface area (Å²) in [6.07, 6.45) is -0.911. The van der Waals surface area contributed by atoms with Crippen molar-refractivity contribution in [3.63, 3.8) is 0 Å². The molecule has 1 atom stereocenters. The van der Waals surface area contributed by atoms with Gasteiger partial charge in [-0.25, -0.2) is 8.78 Å². The van der Waals surface area contributed by atoms with Crippen LogP contribution in [0.25, 0.3) is 11.1 Å². The Morgan fingerprint density at radius 1 is 0.975 bits per heavy atom. The number of alkyl halides is 3. The summed E-state index contributed by atoms with van der Waals surface area (Å²) in [5.74, 6) is -2.39. The van der Waals surface area contributed by atoms with Gasteiger partial charge in [0.2, 0.25) is 0 Å². The molecule has 2 aromatic carbocycles. The lowest BCUT2D eigenvalue weighted by Gasteiger charge is -2.21. The van der Waals surface area contributed by atoms with Crippen LogP contribution in [-0.2, 0) is 36.8 Å². The zero-order valence-electron chi connectivity index (χ0n) is 21.9. The van der Waals surface area contributed by atoms with Gasteiger partial charge in [0.25, 0.3) is 0 Å². The molecule has 1 unspecified atom stereocenters. The minimum Gasteiger partial charge on any atom is -0.298 e. The van der Waals surface area contributed by atoms with E-state index in [1.807, 2.05) is 37.3 Å². The van der Waals surface area contributed by atoms with Crippen molar-refractivity contribution in [2.75, 3.05) is 0 Å². The number of hydrogen-bond donors (Lipinski definition) is 0. The number of hydrogen-bond acceptors (Lipinski definition) is 3. The molecule has 0 N–H and O–H groups in total. The normalized spacial score (nSPS) is 14.2. The molecule has 1 aliphatic rings. The van der Waals surface area contributed by atoms with Crippen LogP contribution >= 0.6 is 0 Å². The number of aryl methyl sites for hydroxylation is 1. The van der Waals surface area contributed by atoms with E-state index >= 15 is 0 Å². The molecule has 208 valence electrons. The maximum absolute atomic E-state index is 14.1. The van der Waals surface area contributed by atoms with Crippen LogP contribution in [0.1, 0.15) is 59.0 Å². The fourth-order valence-electron chi connectivity index (χ4n) is 5.66. The summed E-state index contributed by atoms with van der Waals surface area (Å²) in [6.45, 7) is 1.63. The van der Waals surface area contributed by atoms with Crippen molar-refractivity contribution in [1.29, 1.82) is 0 Å². The van der Waals surface area contributed by atoms with Crippen molar-refractivity contribution in [1.82, 2.24) is 14.8 Å². The summed E-state index contributed by atoms with van der Waals surface area (Å²) >= 11 is 0. The number of Topliss-reactive ketones (excluding diaryl/α,β-unsaturated/α-hetero) is 1. The Balaban J connectivity index is 1.50. The van der Waals surface area contributed by atoms with Crippen molar-refractivity contribution in [2.45, 2.75) is 64.1 Å². The van der Waals surface area contributed by atoms with Gasteiger partial charge in [0.1, 0.15) is 11.6 Å². The van der Waals surface area contributed by atoms with Gasteiger partial charge in [-0.05, 0) is 73.9 Å². The number of carbonyl (C=O) groups is 1. The molecule has 2 aromatic heterocycles. The second-order valence-corrected chi connectivity index (χ2v) is 10.3. The Bertz CT molecular complexity index is 1520. The van der Waals surface area contributed by atoms with Crippen LogP contribution in [0, 0.1) is 18.6 Å². The van der Waals surface area contributed by atoms with Crippen LogP contribution in [0.2, 0.25) is 0 Å². The van der Waals surface area contributed by atoms with E-state index in [4.69, 9.17) is 0 Å². The number of carbonyl (C=O) groups excluding carboxylic acids is 1. The third kappa shape index (κ3) is 5.98. The van der Waals surface area contributed by atoms with Gasteiger partial charge in [-0.1, -0.05) is 30.3 Å². The number of halogens is 5. The molecule has 0 amide bonds. The fourth-order valence-corrected chi connectivity index (χ4v) is 5.66. The van der Waals surface area contributed by atoms with Crippen LogP contribution in [0.3, 0.4) is 0 Å². The second kappa shape index (κ2) is 11.3. The van der Waals surface area contributed by atoms with E-state index in [0.29, 0.717) is 29.8 Å². The Kier molecular flexibility index (Phi) is 7.83. The van der Waals surface area contributed by atoms with Gasteiger partial charge in [-0.2, -0.15) is 18.3 Å². The van der Waals surface area contributed by atoms with Crippen LogP contribution in [0.15, 0.2) is 60.8 Å². The van der Waals surface area contributed by atoms with E-state index in [2.05, 4.69) is 10.1 Å². The van der Waals surface area contributed by atoms with E-state index in [0.717, 1.165) is 29.2 Å². The number of ketones is 1. The lowest BCUT2D eigenvalue weighted by molar-refractivity contribution is -0.142. The third-order valence-corrected chi connectivity index (χ3v) is 7.39. The molecule has 0 aliphatic heterocycles. The quantitative estimate of drug-likeness (QED) is 0.214. The van der Waals surface area contributed by atoms with Crippen LogP contribution in [-0.4, -0.2) is 20.5 Å². The molecular weight excluding hydrogens is 525 g/mol. The summed E-state index contributed by atoms with van der Waals surface area (Å²) in [5, 5.41) is 3.82. The van der Waals surface area contributed by atoms with Gasteiger partial charge in [0.15, 0.2) is 11.5 Å². The number of fused-ring (bicyclic) bond motifs is 1. The Labute approximate surface area is 228 Å². The Morgan fingerprint density at radius 2 is 1.68 bits per heavy atom. The second-order valence-electron chi connectivity index (χ2n) is 10.3. The van der Waals surface area contributed by atoms with E-state index in [1.165, 1.54) is 16.8 Å². The average molecular weight is 554 g/mol. The summed E-state index contributed by atoms with van der Waals surface area (Å²) in [5.41, 5.74) is 3.31. The van der Waals surface area contributed by atoms with Gasteiger partial charge in [-0.15, -0.1) is 0 Å². The number of pyridine rings is 1. The first-order chi connectivity index (χ1) is 19.1. The first kappa shape index (κ1) is 27.7. The van der Waals surface area contributed by atoms with Crippen LogP contribution < -0.4 is 0 Å². The molecule has 4 nitrogen and oxygen atoms in total. The Hall–Kier alpha value is -3.88. The molecular formula is C31H28F5N3O. The first-order valence-corrected chi connectivity index (χ1v) is 13.2. The number of aromatic nitrogens is 3. The third-order valence-electron chi connectivity index (χ3n) is 7.39. The summed E-state index contributed by atoms with van der Waals surface area (Å²) in [6, 6.07) is 14.6. The molecule has 40 heavy (non-hydrogen) atoms. The molecule has 4 aromatic rings. The zero-order valence-corrected chi connectivity index (χ0v) is 21.9. The molecule has 5 rings (SSSR count). The van der Waals surface area contributed by atoms with Crippen molar-refractivity contribution in [3.05, 3.63) is 106 Å². The molecule has 0 saturated carbocycles. The fraction of sp³-hybridized carbons (Fsp3) is 0.323. The highest BCUT2D eigenvalue weighted by molar-refractivity contribution is 5.80.